The van der Waals surface area contributed by atoms with Gasteiger partial charge in [-0.25, -0.2) is 0 Å². The fraction of sp³-hybridized carbons (Fsp3) is 0.364. The fourth-order valence-corrected chi connectivity index (χ4v) is 1.58. The molecule has 7 heteroatoms. The van der Waals surface area contributed by atoms with E-state index in [2.05, 4.69) is 0 Å². The Balaban J connectivity index is 3.22. The standard InChI is InChI=1S/C11H14N2O5/c1-2-18-11(15)9(6-12)8-5-7(14)3-4-10(8)13(16)17/h3-5,9,14H,2,6,12H2,1H3. The molecule has 0 radical (unpaired) electrons. The van der Waals surface area contributed by atoms with E-state index in [1.54, 1.807) is 6.92 Å². The number of carbonyl (C=O) groups is 1. The van der Waals surface area contributed by atoms with Gasteiger partial charge < -0.3 is 15.6 Å². The summed E-state index contributed by atoms with van der Waals surface area (Å²) in [5, 5.41) is 20.2. The van der Waals surface area contributed by atoms with Crippen molar-refractivity contribution in [3.05, 3.63) is 33.9 Å². The minimum atomic E-state index is -0.961. The normalized spacial score (nSPS) is 11.9. The lowest BCUT2D eigenvalue weighted by molar-refractivity contribution is -0.385. The number of phenols is 1. The number of nitro benzene ring substituents is 1. The van der Waals surface area contributed by atoms with Gasteiger partial charge >= 0.3 is 5.97 Å². The van der Waals surface area contributed by atoms with E-state index in [-0.39, 0.29) is 30.2 Å². The summed E-state index contributed by atoms with van der Waals surface area (Å²) >= 11 is 0. The predicted octanol–water partition coefficient (Wildman–Crippen LogP) is 0.906. The van der Waals surface area contributed by atoms with Crippen molar-refractivity contribution in [3.8, 4) is 5.75 Å². The van der Waals surface area contributed by atoms with E-state index in [9.17, 15) is 20.0 Å². The van der Waals surface area contributed by atoms with Crippen molar-refractivity contribution in [2.45, 2.75) is 12.8 Å². The molecule has 1 aromatic rings. The summed E-state index contributed by atoms with van der Waals surface area (Å²) in [5.41, 5.74) is 5.24. The zero-order valence-corrected chi connectivity index (χ0v) is 9.83. The van der Waals surface area contributed by atoms with Crippen LogP contribution in [0.25, 0.3) is 0 Å². The number of carbonyl (C=O) groups excluding carboxylic acids is 1. The van der Waals surface area contributed by atoms with Crippen molar-refractivity contribution in [1.29, 1.82) is 0 Å². The van der Waals surface area contributed by atoms with E-state index in [0.717, 1.165) is 12.1 Å². The summed E-state index contributed by atoms with van der Waals surface area (Å²) in [7, 11) is 0. The molecule has 98 valence electrons. The number of benzene rings is 1. The molecule has 1 unspecified atom stereocenters. The molecule has 7 nitrogen and oxygen atoms in total. The van der Waals surface area contributed by atoms with Crippen molar-refractivity contribution in [2.75, 3.05) is 13.2 Å². The zero-order valence-electron chi connectivity index (χ0n) is 9.83. The topological polar surface area (TPSA) is 116 Å². The molecule has 0 aliphatic rings. The molecular formula is C11H14N2O5. The molecule has 1 rings (SSSR count). The Morgan fingerprint density at radius 1 is 1.61 bits per heavy atom. The maximum absolute atomic E-state index is 11.7. The molecule has 0 fully saturated rings. The molecule has 3 N–H and O–H groups in total. The van der Waals surface area contributed by atoms with E-state index in [4.69, 9.17) is 10.5 Å². The number of esters is 1. The Kier molecular flexibility index (Phi) is 4.61. The smallest absolute Gasteiger partial charge is 0.314 e. The van der Waals surface area contributed by atoms with Crippen LogP contribution in [0.1, 0.15) is 18.4 Å². The van der Waals surface area contributed by atoms with Crippen LogP contribution in [-0.4, -0.2) is 29.2 Å². The van der Waals surface area contributed by atoms with E-state index in [1.165, 1.54) is 6.07 Å². The van der Waals surface area contributed by atoms with Crippen LogP contribution in [-0.2, 0) is 9.53 Å². The number of nitro groups is 1. The number of rotatable bonds is 5. The summed E-state index contributed by atoms with van der Waals surface area (Å²) in [4.78, 5) is 21.9. The number of nitrogens with zero attached hydrogens (tertiary/aromatic N) is 1. The maximum Gasteiger partial charge on any atom is 0.314 e. The molecular weight excluding hydrogens is 240 g/mol. The van der Waals surface area contributed by atoms with Crippen LogP contribution in [0, 0.1) is 10.1 Å². The van der Waals surface area contributed by atoms with Crippen LogP contribution in [0.5, 0.6) is 5.75 Å². The van der Waals surface area contributed by atoms with Crippen LogP contribution >= 0.6 is 0 Å². The summed E-state index contributed by atoms with van der Waals surface area (Å²) in [6, 6.07) is 3.47. The Hall–Kier alpha value is -2.15. The highest BCUT2D eigenvalue weighted by molar-refractivity contribution is 5.80. The highest BCUT2D eigenvalue weighted by Gasteiger charge is 2.28. The second-order valence-corrected chi connectivity index (χ2v) is 3.54. The van der Waals surface area contributed by atoms with Crippen molar-refractivity contribution in [3.63, 3.8) is 0 Å². The maximum atomic E-state index is 11.7. The molecule has 0 saturated heterocycles. The average molecular weight is 254 g/mol. The lowest BCUT2D eigenvalue weighted by atomic mass is 9.97. The molecule has 0 spiro atoms. The second-order valence-electron chi connectivity index (χ2n) is 3.54. The molecule has 0 aromatic heterocycles. The molecule has 1 aromatic carbocycles. The molecule has 0 bridgehead atoms. The van der Waals surface area contributed by atoms with Gasteiger partial charge in [-0.1, -0.05) is 0 Å². The molecule has 18 heavy (non-hydrogen) atoms. The molecule has 0 amide bonds. The Labute approximate surface area is 103 Å². The van der Waals surface area contributed by atoms with Gasteiger partial charge in [0.15, 0.2) is 0 Å². The summed E-state index contributed by atoms with van der Waals surface area (Å²) in [6.45, 7) is 1.65. The highest BCUT2D eigenvalue weighted by Crippen LogP contribution is 2.30. The third-order valence-corrected chi connectivity index (χ3v) is 2.39. The number of nitrogens with two attached hydrogens (primary N) is 1. The minimum absolute atomic E-state index is 0.0564. The van der Waals surface area contributed by atoms with Gasteiger partial charge in [-0.2, -0.15) is 0 Å². The zero-order chi connectivity index (χ0) is 13.7. The summed E-state index contributed by atoms with van der Waals surface area (Å²) in [5.74, 6) is -1.77. The van der Waals surface area contributed by atoms with Gasteiger partial charge in [0.05, 0.1) is 11.5 Å². The summed E-state index contributed by atoms with van der Waals surface area (Å²) < 4.78 is 4.80. The van der Waals surface area contributed by atoms with Gasteiger partial charge in [0.25, 0.3) is 5.69 Å². The van der Waals surface area contributed by atoms with Crippen LogP contribution in [0.3, 0.4) is 0 Å². The van der Waals surface area contributed by atoms with Gasteiger partial charge in [0, 0.05) is 18.2 Å². The first kappa shape index (κ1) is 13.9. The van der Waals surface area contributed by atoms with Crippen molar-refractivity contribution < 1.29 is 19.6 Å². The van der Waals surface area contributed by atoms with Gasteiger partial charge in [-0.15, -0.1) is 0 Å². The Morgan fingerprint density at radius 2 is 2.28 bits per heavy atom. The quantitative estimate of drug-likeness (QED) is 0.458. The number of hydrogen-bond donors (Lipinski definition) is 2. The number of ether oxygens (including phenoxy) is 1. The highest BCUT2D eigenvalue weighted by atomic mass is 16.6. The van der Waals surface area contributed by atoms with Gasteiger partial charge in [0.2, 0.25) is 0 Å². The van der Waals surface area contributed by atoms with Gasteiger partial charge in [-0.05, 0) is 19.1 Å². The van der Waals surface area contributed by atoms with E-state index in [1.807, 2.05) is 0 Å². The monoisotopic (exact) mass is 254 g/mol. The first-order valence-electron chi connectivity index (χ1n) is 5.35. The number of hydrogen-bond acceptors (Lipinski definition) is 6. The Bertz CT molecular complexity index is 461. The van der Waals surface area contributed by atoms with Gasteiger partial charge in [-0.3, -0.25) is 14.9 Å². The largest absolute Gasteiger partial charge is 0.508 e. The SMILES string of the molecule is CCOC(=O)C(CN)c1cc(O)ccc1[N+](=O)[O-]. The van der Waals surface area contributed by atoms with Crippen LogP contribution in [0.15, 0.2) is 18.2 Å². The number of phenolic OH excluding ortho intramolecular Hbond substituents is 1. The third kappa shape index (κ3) is 2.95. The Morgan fingerprint density at radius 3 is 2.78 bits per heavy atom. The van der Waals surface area contributed by atoms with Crippen molar-refractivity contribution in [2.24, 2.45) is 5.73 Å². The molecule has 1 atom stereocenters. The fourth-order valence-electron chi connectivity index (χ4n) is 1.58. The molecule has 0 heterocycles. The van der Waals surface area contributed by atoms with E-state index < -0.39 is 16.8 Å². The van der Waals surface area contributed by atoms with E-state index >= 15 is 0 Å². The third-order valence-electron chi connectivity index (χ3n) is 2.39. The van der Waals surface area contributed by atoms with Gasteiger partial charge in [0.1, 0.15) is 11.7 Å². The molecule has 0 saturated carbocycles. The van der Waals surface area contributed by atoms with E-state index in [0.29, 0.717) is 0 Å². The van der Waals surface area contributed by atoms with Crippen LogP contribution in [0.4, 0.5) is 5.69 Å². The minimum Gasteiger partial charge on any atom is -0.508 e. The first-order valence-corrected chi connectivity index (χ1v) is 5.35. The van der Waals surface area contributed by atoms with Crippen LogP contribution in [0.2, 0.25) is 0 Å². The molecule has 0 aliphatic heterocycles. The summed E-state index contributed by atoms with van der Waals surface area (Å²) in [6.07, 6.45) is 0. The lowest BCUT2D eigenvalue weighted by Gasteiger charge is -2.14. The van der Waals surface area contributed by atoms with Crippen molar-refractivity contribution in [1.82, 2.24) is 0 Å². The lowest BCUT2D eigenvalue weighted by Crippen LogP contribution is -2.24. The number of aromatic hydroxyl groups is 1. The second kappa shape index (κ2) is 5.97. The first-order chi connectivity index (χ1) is 8.51. The van der Waals surface area contributed by atoms with Crippen LogP contribution < -0.4 is 5.73 Å². The molecule has 0 aliphatic carbocycles. The van der Waals surface area contributed by atoms with Crippen molar-refractivity contribution >= 4 is 11.7 Å². The average Bonchev–Trinajstić information content (AvgIpc) is 2.30. The predicted molar refractivity (Wildman–Crippen MR) is 63.2 cm³/mol.